The van der Waals surface area contributed by atoms with Crippen molar-refractivity contribution in [3.8, 4) is 33.5 Å². The second kappa shape index (κ2) is 23.8. The van der Waals surface area contributed by atoms with Crippen molar-refractivity contribution in [1.82, 2.24) is 25.5 Å². The molecule has 2 aliphatic rings. The number of anilines is 2. The van der Waals surface area contributed by atoms with Crippen LogP contribution in [0.3, 0.4) is 0 Å². The maximum absolute atomic E-state index is 15.8. The quantitative estimate of drug-likeness (QED) is 0.0365. The van der Waals surface area contributed by atoms with Crippen LogP contribution in [0.5, 0.6) is 5.75 Å². The van der Waals surface area contributed by atoms with Crippen LogP contribution in [0, 0.1) is 46.9 Å². The molecular formula is C54H53F7N8O8S2. The van der Waals surface area contributed by atoms with Gasteiger partial charge in [-0.3, -0.25) is 33.9 Å². The topological polar surface area (TPSA) is 196 Å². The number of unbranched alkanes of at least 4 members (excludes halogenated alkanes) is 1. The number of nitrogens with one attached hydrogen (secondary N) is 2. The van der Waals surface area contributed by atoms with E-state index in [0.29, 0.717) is 11.0 Å². The minimum atomic E-state index is -5.31. The second-order valence-electron chi connectivity index (χ2n) is 20.2. The summed E-state index contributed by atoms with van der Waals surface area (Å²) in [6.45, 7) is 10.3. The summed E-state index contributed by atoms with van der Waals surface area (Å²) in [5.41, 5.74) is -3.09. The highest BCUT2D eigenvalue weighted by Gasteiger charge is 2.52. The summed E-state index contributed by atoms with van der Waals surface area (Å²) >= 11 is 6.92. The summed E-state index contributed by atoms with van der Waals surface area (Å²) in [7, 11) is 0. The molecule has 25 heteroatoms. The van der Waals surface area contributed by atoms with Gasteiger partial charge in [0.2, 0.25) is 17.7 Å². The Labute approximate surface area is 458 Å². The molecule has 2 fully saturated rings. The number of carbonyl (C=O) groups excluding carboxylic acids is 5. The van der Waals surface area contributed by atoms with E-state index in [4.69, 9.17) is 26.4 Å². The van der Waals surface area contributed by atoms with Gasteiger partial charge in [0.1, 0.15) is 41.6 Å². The largest absolute Gasteiger partial charge is 0.488 e. The van der Waals surface area contributed by atoms with E-state index < -0.39 is 128 Å². The van der Waals surface area contributed by atoms with E-state index in [-0.39, 0.29) is 56.8 Å². The number of carbonyl (C=O) groups is 5. The highest BCUT2D eigenvalue weighted by Crippen LogP contribution is 2.43. The molecule has 0 saturated carbocycles. The summed E-state index contributed by atoms with van der Waals surface area (Å²) in [5, 5.41) is 14.2. The number of halogens is 7. The number of hydrogen-bond acceptors (Lipinski definition) is 13. The number of amides is 4. The van der Waals surface area contributed by atoms with Crippen LogP contribution in [0.2, 0.25) is 0 Å². The first-order valence-corrected chi connectivity index (χ1v) is 25.8. The maximum atomic E-state index is 15.8. The van der Waals surface area contributed by atoms with Gasteiger partial charge in [-0.1, -0.05) is 45.0 Å². The molecule has 0 bridgehead atoms. The molecule has 3 aromatic carbocycles. The van der Waals surface area contributed by atoms with Crippen molar-refractivity contribution in [2.24, 2.45) is 5.41 Å². The molecular weight excluding hydrogens is 1090 g/mol. The number of esters is 1. The number of pyridine rings is 1. The third-order valence-corrected chi connectivity index (χ3v) is 14.3. The van der Waals surface area contributed by atoms with Crippen molar-refractivity contribution in [2.75, 3.05) is 36.2 Å². The Morgan fingerprint density at radius 2 is 1.62 bits per heavy atom. The van der Waals surface area contributed by atoms with Gasteiger partial charge in [0, 0.05) is 38.1 Å². The maximum Gasteiger partial charge on any atom is 0.420 e. The number of ether oxygens (including phenoxy) is 3. The minimum absolute atomic E-state index is 0.00135. The molecule has 7 rings (SSSR count). The molecule has 0 aliphatic carbocycles. The fourth-order valence-corrected chi connectivity index (χ4v) is 10.4. The first kappa shape index (κ1) is 59.1. The number of alkyl halides is 3. The lowest BCUT2D eigenvalue weighted by Gasteiger charge is -2.35. The van der Waals surface area contributed by atoms with E-state index in [1.54, 1.807) is 26.3 Å². The van der Waals surface area contributed by atoms with Gasteiger partial charge >= 0.3 is 12.1 Å². The molecule has 0 unspecified atom stereocenters. The Hall–Kier alpha value is -7.56. The molecule has 2 N–H and O–H groups in total. The van der Waals surface area contributed by atoms with Gasteiger partial charge in [-0.15, -0.1) is 11.3 Å². The zero-order valence-corrected chi connectivity index (χ0v) is 45.3. The lowest BCUT2D eigenvalue weighted by molar-refractivity contribution is -0.147. The monoisotopic (exact) mass is 1140 g/mol. The van der Waals surface area contributed by atoms with Crippen LogP contribution in [-0.4, -0.2) is 99.7 Å². The Morgan fingerprint density at radius 1 is 0.949 bits per heavy atom. The molecule has 0 spiro atoms. The number of rotatable bonds is 18. The normalized spacial score (nSPS) is 16.7. The SMILES string of the molecule is CC(=O)O[C@@H]1C[C@@H](C(=O)NCc2ccc(-c3scnc3C)cc2)N(C(=O)[C@@H](NC(=O)COCCCCOc2c(F)cc(-c3ncc(N4C(=S)N(c5ccc(C#N)c(C(F)(F)F)c5F)C(=O)C4(C)C)cc3F)cc2F)C(C)(C)C)C1. The van der Waals surface area contributed by atoms with Gasteiger partial charge in [0.25, 0.3) is 5.91 Å². The van der Waals surface area contributed by atoms with Crippen LogP contribution >= 0.6 is 23.6 Å². The molecule has 3 atom stereocenters. The van der Waals surface area contributed by atoms with Gasteiger partial charge in [-0.05, 0) is 86.6 Å². The Bertz CT molecular complexity index is 3210. The predicted molar refractivity (Wildman–Crippen MR) is 279 cm³/mol. The fourth-order valence-electron chi connectivity index (χ4n) is 9.08. The van der Waals surface area contributed by atoms with E-state index in [1.807, 2.05) is 31.2 Å². The van der Waals surface area contributed by atoms with Crippen molar-refractivity contribution in [3.63, 3.8) is 0 Å². The van der Waals surface area contributed by atoms with Gasteiger partial charge in [0.05, 0.1) is 58.4 Å². The highest BCUT2D eigenvalue weighted by atomic mass is 32.1. The van der Waals surface area contributed by atoms with Crippen LogP contribution in [0.4, 0.5) is 42.1 Å². The molecule has 2 aromatic heterocycles. The van der Waals surface area contributed by atoms with Crippen molar-refractivity contribution in [3.05, 3.63) is 112 Å². The lowest BCUT2D eigenvalue weighted by atomic mass is 9.85. The predicted octanol–water partition coefficient (Wildman–Crippen LogP) is 9.10. The molecule has 5 aromatic rings. The fraction of sp³-hybridized carbons (Fsp3) is 0.389. The van der Waals surface area contributed by atoms with Crippen LogP contribution in [0.15, 0.2) is 66.3 Å². The molecule has 2 saturated heterocycles. The zero-order chi connectivity index (χ0) is 57.9. The molecule has 4 amide bonds. The highest BCUT2D eigenvalue weighted by molar-refractivity contribution is 7.81. The number of benzene rings is 3. The van der Waals surface area contributed by atoms with Crippen molar-refractivity contribution in [2.45, 2.75) is 104 Å². The molecule has 16 nitrogen and oxygen atoms in total. The Morgan fingerprint density at radius 3 is 2.22 bits per heavy atom. The first-order valence-electron chi connectivity index (χ1n) is 24.5. The Balaban J connectivity index is 0.905. The van der Waals surface area contributed by atoms with Gasteiger partial charge in [0.15, 0.2) is 34.1 Å². The minimum Gasteiger partial charge on any atom is -0.488 e. The average molecular weight is 1140 g/mol. The zero-order valence-electron chi connectivity index (χ0n) is 43.7. The number of thiocarbonyl (C=S) groups is 1. The number of aromatic nitrogens is 2. The Kier molecular flexibility index (Phi) is 17.8. The second-order valence-corrected chi connectivity index (χ2v) is 21.4. The van der Waals surface area contributed by atoms with E-state index in [0.717, 1.165) is 57.1 Å². The lowest BCUT2D eigenvalue weighted by Crippen LogP contribution is -2.58. The van der Waals surface area contributed by atoms with Crippen LogP contribution in [0.1, 0.15) is 83.2 Å². The number of aryl methyl sites for hydroxylation is 1. The van der Waals surface area contributed by atoms with Crippen molar-refractivity contribution >= 4 is 69.6 Å². The van der Waals surface area contributed by atoms with Crippen molar-refractivity contribution < 1.29 is 68.9 Å². The number of nitrogens with zero attached hydrogens (tertiary/aromatic N) is 6. The van der Waals surface area contributed by atoms with E-state index >= 15 is 17.6 Å². The number of nitriles is 1. The molecule has 418 valence electrons. The van der Waals surface area contributed by atoms with E-state index in [9.17, 15) is 42.4 Å². The molecule has 0 radical (unpaired) electrons. The van der Waals surface area contributed by atoms with Crippen LogP contribution in [0.25, 0.3) is 21.7 Å². The summed E-state index contributed by atoms with van der Waals surface area (Å²) < 4.78 is 120. The third-order valence-electron chi connectivity index (χ3n) is 13.0. The van der Waals surface area contributed by atoms with Gasteiger partial charge in [-0.25, -0.2) is 22.5 Å². The summed E-state index contributed by atoms with van der Waals surface area (Å²) in [6.07, 6.45) is -4.59. The van der Waals surface area contributed by atoms with Gasteiger partial charge in [-0.2, -0.15) is 18.4 Å². The standard InChI is InChI=1S/C54H53F7N8O8S2/c1-28-46(79-27-65-28)31-12-10-30(11-13-31)23-64-48(72)40-21-35(77-29(2)70)25-67(40)49(73)47(52(3,4)5)66-41(71)26-75-16-8-9-17-76-45-37(56)18-33(19-38(45)57)44-36(55)20-34(24-63-44)69-51(78)68(50(74)53(69,6)7)39-15-14-32(22-62)42(43(39)58)54(59,60)61/h10-15,18-20,24,27,35,40,47H,8-9,16-17,21,23,25-26H2,1-7H3,(H,64,72)(H,66,71)/t35-,40+,47-/m1/s1. The third kappa shape index (κ3) is 13.0. The van der Waals surface area contributed by atoms with Crippen LogP contribution < -0.4 is 25.2 Å². The number of hydrogen-bond donors (Lipinski definition) is 2. The summed E-state index contributed by atoms with van der Waals surface area (Å²) in [6, 6.07) is 10.6. The molecule has 2 aliphatic heterocycles. The van der Waals surface area contributed by atoms with Crippen LogP contribution in [-0.2, 0) is 46.2 Å². The van der Waals surface area contributed by atoms with Crippen molar-refractivity contribution in [1.29, 1.82) is 5.26 Å². The molecule has 4 heterocycles. The average Bonchev–Trinajstić information content (AvgIpc) is 4.29. The summed E-state index contributed by atoms with van der Waals surface area (Å²) in [4.78, 5) is 78.8. The van der Waals surface area contributed by atoms with E-state index in [2.05, 4.69) is 20.6 Å². The summed E-state index contributed by atoms with van der Waals surface area (Å²) in [5.74, 6) is -9.56. The van der Waals surface area contributed by atoms with Gasteiger partial charge < -0.3 is 34.6 Å². The number of thiazole rings is 1. The number of likely N-dealkylation sites (tertiary alicyclic amines) is 1. The smallest absolute Gasteiger partial charge is 0.420 e. The first-order chi connectivity index (χ1) is 37.1. The molecule has 79 heavy (non-hydrogen) atoms. The van der Waals surface area contributed by atoms with E-state index in [1.165, 1.54) is 43.1 Å².